The Kier molecular flexibility index (Phi) is 9.97. The van der Waals surface area contributed by atoms with Gasteiger partial charge in [0, 0.05) is 50.0 Å². The summed E-state index contributed by atoms with van der Waals surface area (Å²) in [4.78, 5) is 2.56. The highest BCUT2D eigenvalue weighted by atomic mass is 35.5. The van der Waals surface area contributed by atoms with Crippen molar-refractivity contribution in [1.82, 2.24) is 14.2 Å². The summed E-state index contributed by atoms with van der Waals surface area (Å²) in [7, 11) is -2.19. The van der Waals surface area contributed by atoms with E-state index in [0.717, 1.165) is 71.0 Å². The van der Waals surface area contributed by atoms with Gasteiger partial charge in [0.25, 0.3) is 0 Å². The Bertz CT molecular complexity index is 817. The SMILES string of the molecule is CCN(CC)P(=Nc1cc(Cl)ccc1Cl)(C1CCCC=C1N1CCOCC1)N(CC)CC. The molecule has 5 nitrogen and oxygen atoms in total. The Labute approximate surface area is 204 Å². The first kappa shape index (κ1) is 26.1. The van der Waals surface area contributed by atoms with E-state index in [1.807, 2.05) is 18.2 Å². The Balaban J connectivity index is 2.28. The largest absolute Gasteiger partial charge is 0.378 e. The van der Waals surface area contributed by atoms with Crippen molar-refractivity contribution in [3.63, 3.8) is 0 Å². The van der Waals surface area contributed by atoms with E-state index in [1.165, 1.54) is 12.1 Å². The molecule has 1 aliphatic carbocycles. The van der Waals surface area contributed by atoms with Crippen molar-refractivity contribution in [3.8, 4) is 0 Å². The molecule has 1 saturated heterocycles. The standard InChI is InChI=1S/C24H39Cl2N4OP/c1-5-29(6-2)32(30(7-3)8-4,27-22-19-20(25)13-14-21(22)26)24-12-10-9-11-23(24)28-15-17-31-18-16-28/h11,13-14,19,24H,5-10,12,15-18H2,1-4H3. The molecule has 180 valence electrons. The Hall–Kier alpha value is -0.550. The van der Waals surface area contributed by atoms with E-state index in [0.29, 0.717) is 15.7 Å². The zero-order valence-corrected chi connectivity index (χ0v) is 22.5. The average molecular weight is 501 g/mol. The topological polar surface area (TPSA) is 31.3 Å². The van der Waals surface area contributed by atoms with Gasteiger partial charge in [0.05, 0.1) is 29.6 Å². The summed E-state index contributed by atoms with van der Waals surface area (Å²) in [5.74, 6) is 0. The number of halogens is 2. The van der Waals surface area contributed by atoms with Gasteiger partial charge >= 0.3 is 0 Å². The molecular formula is C24H39Cl2N4OP. The summed E-state index contributed by atoms with van der Waals surface area (Å²) in [5.41, 5.74) is 2.64. The van der Waals surface area contributed by atoms with E-state index >= 15 is 0 Å². The monoisotopic (exact) mass is 500 g/mol. The lowest BCUT2D eigenvalue weighted by atomic mass is 10.0. The van der Waals surface area contributed by atoms with Crippen molar-refractivity contribution in [1.29, 1.82) is 0 Å². The van der Waals surface area contributed by atoms with Crippen molar-refractivity contribution in [3.05, 3.63) is 40.0 Å². The molecule has 1 aromatic rings. The molecule has 8 heteroatoms. The molecule has 0 spiro atoms. The zero-order chi connectivity index (χ0) is 23.1. The Morgan fingerprint density at radius 1 is 1.03 bits per heavy atom. The summed E-state index contributed by atoms with van der Waals surface area (Å²) < 4.78 is 16.6. The van der Waals surface area contributed by atoms with E-state index in [-0.39, 0.29) is 0 Å². The van der Waals surface area contributed by atoms with Crippen LogP contribution in [0.1, 0.15) is 47.0 Å². The first-order chi connectivity index (χ1) is 15.5. The molecular weight excluding hydrogens is 462 g/mol. The van der Waals surface area contributed by atoms with Gasteiger partial charge in [-0.2, -0.15) is 0 Å². The number of hydrogen-bond acceptors (Lipinski definition) is 3. The van der Waals surface area contributed by atoms with Crippen LogP contribution in [0, 0.1) is 0 Å². The minimum absolute atomic E-state index is 0.351. The minimum atomic E-state index is -2.19. The smallest absolute Gasteiger partial charge is 0.112 e. The molecule has 0 N–H and O–H groups in total. The van der Waals surface area contributed by atoms with E-state index in [2.05, 4.69) is 48.0 Å². The Morgan fingerprint density at radius 2 is 1.66 bits per heavy atom. The van der Waals surface area contributed by atoms with Crippen molar-refractivity contribution in [2.45, 2.75) is 52.6 Å². The second-order valence-electron chi connectivity index (χ2n) is 8.26. The second kappa shape index (κ2) is 12.2. The number of benzene rings is 1. The molecule has 1 aliphatic heterocycles. The van der Waals surface area contributed by atoms with Crippen molar-refractivity contribution in [2.75, 3.05) is 52.5 Å². The molecule has 0 bridgehead atoms. The molecule has 1 atom stereocenters. The maximum absolute atomic E-state index is 6.70. The zero-order valence-electron chi connectivity index (χ0n) is 20.1. The lowest BCUT2D eigenvalue weighted by molar-refractivity contribution is 0.0513. The van der Waals surface area contributed by atoms with Crippen molar-refractivity contribution in [2.24, 2.45) is 4.74 Å². The summed E-state index contributed by atoms with van der Waals surface area (Å²) in [6.07, 6.45) is 5.96. The lowest BCUT2D eigenvalue weighted by Crippen LogP contribution is -2.44. The molecule has 1 unspecified atom stereocenters. The van der Waals surface area contributed by atoms with E-state index < -0.39 is 7.36 Å². The number of hydrogen-bond donors (Lipinski definition) is 0. The molecule has 0 amide bonds. The van der Waals surface area contributed by atoms with E-state index in [4.69, 9.17) is 32.7 Å². The number of morpholine rings is 1. The lowest BCUT2D eigenvalue weighted by Gasteiger charge is -2.50. The van der Waals surface area contributed by atoms with Crippen LogP contribution in [0.3, 0.4) is 0 Å². The third-order valence-electron chi connectivity index (χ3n) is 6.63. The second-order valence-corrected chi connectivity index (χ2v) is 12.3. The highest BCUT2D eigenvalue weighted by Gasteiger charge is 2.43. The maximum atomic E-state index is 6.70. The molecule has 0 saturated carbocycles. The summed E-state index contributed by atoms with van der Waals surface area (Å²) >= 11 is 13.1. The van der Waals surface area contributed by atoms with Crippen LogP contribution in [-0.4, -0.2) is 72.4 Å². The van der Waals surface area contributed by atoms with Gasteiger partial charge in [-0.1, -0.05) is 57.0 Å². The van der Waals surface area contributed by atoms with Gasteiger partial charge in [0.2, 0.25) is 0 Å². The molecule has 32 heavy (non-hydrogen) atoms. The predicted molar refractivity (Wildman–Crippen MR) is 139 cm³/mol. The van der Waals surface area contributed by atoms with Crippen LogP contribution in [0.2, 0.25) is 10.0 Å². The van der Waals surface area contributed by atoms with Gasteiger partial charge in [-0.25, -0.2) is 4.74 Å². The van der Waals surface area contributed by atoms with Gasteiger partial charge in [0.1, 0.15) is 7.36 Å². The molecule has 1 aromatic carbocycles. The van der Waals surface area contributed by atoms with Gasteiger partial charge in [-0.05, 0) is 37.5 Å². The fourth-order valence-corrected chi connectivity index (χ4v) is 10.4. The van der Waals surface area contributed by atoms with Crippen LogP contribution < -0.4 is 0 Å². The summed E-state index contributed by atoms with van der Waals surface area (Å²) in [6, 6.07) is 5.66. The van der Waals surface area contributed by atoms with Crippen LogP contribution >= 0.6 is 30.6 Å². The van der Waals surface area contributed by atoms with Gasteiger partial charge in [-0.3, -0.25) is 9.34 Å². The highest BCUT2D eigenvalue weighted by molar-refractivity contribution is 7.62. The minimum Gasteiger partial charge on any atom is -0.378 e. The molecule has 2 aliphatic rings. The van der Waals surface area contributed by atoms with Crippen molar-refractivity contribution >= 4 is 36.2 Å². The van der Waals surface area contributed by atoms with Crippen LogP contribution in [0.15, 0.2) is 34.7 Å². The average Bonchev–Trinajstić information content (AvgIpc) is 2.83. The normalized spacial score (nSPS) is 20.1. The Morgan fingerprint density at radius 3 is 2.25 bits per heavy atom. The van der Waals surface area contributed by atoms with Crippen LogP contribution in [0.25, 0.3) is 0 Å². The highest BCUT2D eigenvalue weighted by Crippen LogP contribution is 2.66. The number of rotatable bonds is 9. The predicted octanol–water partition coefficient (Wildman–Crippen LogP) is 7.11. The van der Waals surface area contributed by atoms with Crippen LogP contribution in [-0.2, 0) is 4.74 Å². The van der Waals surface area contributed by atoms with E-state index in [9.17, 15) is 0 Å². The molecule has 1 heterocycles. The van der Waals surface area contributed by atoms with Crippen molar-refractivity contribution < 1.29 is 4.74 Å². The summed E-state index contributed by atoms with van der Waals surface area (Å²) in [6.45, 7) is 16.4. The first-order valence-corrected chi connectivity index (χ1v) is 14.6. The third kappa shape index (κ3) is 5.40. The molecule has 0 radical (unpaired) electrons. The fourth-order valence-electron chi connectivity index (χ4n) is 5.13. The van der Waals surface area contributed by atoms with Crippen LogP contribution in [0.5, 0.6) is 0 Å². The molecule has 0 aromatic heterocycles. The third-order valence-corrected chi connectivity index (χ3v) is 11.8. The molecule has 3 rings (SSSR count). The van der Waals surface area contributed by atoms with Gasteiger partial charge in [-0.15, -0.1) is 0 Å². The van der Waals surface area contributed by atoms with Gasteiger partial charge < -0.3 is 9.64 Å². The van der Waals surface area contributed by atoms with Gasteiger partial charge in [0.15, 0.2) is 0 Å². The van der Waals surface area contributed by atoms with Crippen LogP contribution in [0.4, 0.5) is 5.69 Å². The maximum Gasteiger partial charge on any atom is 0.112 e. The summed E-state index contributed by atoms with van der Waals surface area (Å²) in [5, 5.41) is 1.35. The first-order valence-electron chi connectivity index (χ1n) is 12.1. The van der Waals surface area contributed by atoms with E-state index in [1.54, 1.807) is 0 Å². The fraction of sp³-hybridized carbons (Fsp3) is 0.667. The quantitative estimate of drug-likeness (QED) is 0.338. The number of allylic oxidation sites excluding steroid dienone is 2. The number of ether oxygens (including phenoxy) is 1. The number of nitrogens with zero attached hydrogens (tertiary/aromatic N) is 4. The molecule has 1 fully saturated rings.